The molecular weight excluding hydrogens is 1480 g/mol. The maximum atomic E-state index is 15.3. The van der Waals surface area contributed by atoms with Crippen molar-refractivity contribution in [3.05, 3.63) is 150 Å². The van der Waals surface area contributed by atoms with E-state index in [1.165, 1.54) is 74.9 Å². The zero-order chi connectivity index (χ0) is 81.0. The molecule has 13 atom stereocenters. The minimum absolute atomic E-state index is 0.102. The van der Waals surface area contributed by atoms with Crippen molar-refractivity contribution < 1.29 is 82.8 Å². The van der Waals surface area contributed by atoms with Crippen molar-refractivity contribution in [2.45, 2.75) is 157 Å². The van der Waals surface area contributed by atoms with Gasteiger partial charge >= 0.3 is 0 Å². The molecule has 0 saturated carbocycles. The van der Waals surface area contributed by atoms with Gasteiger partial charge in [0.15, 0.2) is 0 Å². The van der Waals surface area contributed by atoms with Crippen LogP contribution in [0, 0.1) is 0 Å². The predicted molar refractivity (Wildman–Crippen MR) is 412 cm³/mol. The van der Waals surface area contributed by atoms with Gasteiger partial charge in [-0.25, -0.2) is 4.98 Å². The summed E-state index contributed by atoms with van der Waals surface area (Å²) in [6.45, 7) is 1.89. The fourth-order valence-corrected chi connectivity index (χ4v) is 12.2. The van der Waals surface area contributed by atoms with Gasteiger partial charge in [-0.3, -0.25) is 62.3 Å². The number of phenols is 2. The summed E-state index contributed by atoms with van der Waals surface area (Å²) < 4.78 is 0. The van der Waals surface area contributed by atoms with Crippen molar-refractivity contribution >= 4 is 124 Å². The van der Waals surface area contributed by atoms with Crippen LogP contribution < -0.4 is 81.4 Å². The molecule has 3 aromatic heterocycles. The van der Waals surface area contributed by atoms with Crippen LogP contribution in [-0.4, -0.2) is 220 Å². The number of fused-ring (bicyclic) bond motifs is 2. The molecule has 111 heavy (non-hydrogen) atoms. The van der Waals surface area contributed by atoms with Crippen LogP contribution in [0.5, 0.6) is 11.5 Å². The number of aliphatic hydroxyl groups excluding tert-OH is 2. The van der Waals surface area contributed by atoms with E-state index in [2.05, 4.69) is 104 Å². The number of thiol groups is 2. The van der Waals surface area contributed by atoms with Crippen LogP contribution in [0.3, 0.4) is 0 Å². The Morgan fingerprint density at radius 2 is 0.838 bits per heavy atom. The summed E-state index contributed by atoms with van der Waals surface area (Å²) in [7, 11) is 0. The maximum absolute atomic E-state index is 15.3. The number of aliphatic hydroxyl groups is 2. The lowest BCUT2D eigenvalue weighted by atomic mass is 10.0. The number of primary amides is 2. The van der Waals surface area contributed by atoms with Crippen LogP contribution in [0.4, 0.5) is 0 Å². The third-order valence-electron chi connectivity index (χ3n) is 17.9. The average molecular weight is 1570 g/mol. The zero-order valence-corrected chi connectivity index (χ0v) is 62.5. The molecule has 0 unspecified atom stereocenters. The third-order valence-corrected chi connectivity index (χ3v) is 18.7. The van der Waals surface area contributed by atoms with E-state index in [-0.39, 0.29) is 74.4 Å². The number of aromatic nitrogens is 4. The largest absolute Gasteiger partial charge is 0.508 e. The normalized spacial score (nSPS) is 14.8. The van der Waals surface area contributed by atoms with Crippen LogP contribution >= 0.6 is 25.3 Å². The number of carbonyl (C=O) groups is 13. The van der Waals surface area contributed by atoms with Crippen LogP contribution in [0.15, 0.2) is 122 Å². The first kappa shape index (κ1) is 86.7. The van der Waals surface area contributed by atoms with Crippen LogP contribution in [0.1, 0.15) is 73.9 Å². The lowest BCUT2D eigenvalue weighted by molar-refractivity contribution is -0.137. The highest BCUT2D eigenvalue weighted by molar-refractivity contribution is 7.80. The fourth-order valence-electron chi connectivity index (χ4n) is 11.8. The molecule has 596 valence electrons. The molecule has 0 bridgehead atoms. The predicted octanol–water partition coefficient (Wildman–Crippen LogP) is -3.91. The first-order chi connectivity index (χ1) is 52.9. The van der Waals surface area contributed by atoms with Gasteiger partial charge in [0.2, 0.25) is 76.8 Å². The van der Waals surface area contributed by atoms with Gasteiger partial charge in [0, 0.05) is 96.1 Å². The number of aromatic amines is 3. The van der Waals surface area contributed by atoms with E-state index in [0.29, 0.717) is 50.5 Å². The molecule has 0 fully saturated rings. The number of para-hydroxylation sites is 2. The van der Waals surface area contributed by atoms with E-state index >= 15 is 9.59 Å². The highest BCUT2D eigenvalue weighted by atomic mass is 32.1. The number of phenolic OH excluding ortho intramolecular Hbond substituents is 2. The second-order valence-corrected chi connectivity index (χ2v) is 27.3. The number of nitrogens with two attached hydrogens (primary N) is 4. The smallest absolute Gasteiger partial charge is 0.245 e. The van der Waals surface area contributed by atoms with Crippen LogP contribution in [0.25, 0.3) is 21.8 Å². The molecule has 0 radical (unpaired) electrons. The van der Waals surface area contributed by atoms with Crippen molar-refractivity contribution in [1.29, 1.82) is 0 Å². The van der Waals surface area contributed by atoms with Crippen molar-refractivity contribution in [3.63, 3.8) is 0 Å². The molecule has 36 nitrogen and oxygen atoms in total. The van der Waals surface area contributed by atoms with Crippen molar-refractivity contribution in [3.8, 4) is 11.5 Å². The van der Waals surface area contributed by atoms with Gasteiger partial charge in [0.1, 0.15) is 71.9 Å². The Labute approximate surface area is 647 Å². The molecule has 0 saturated heterocycles. The second-order valence-electron chi connectivity index (χ2n) is 26.5. The number of imidazole rings is 1. The molecule has 38 heteroatoms. The molecule has 7 aromatic rings. The monoisotopic (exact) mass is 1570 g/mol. The summed E-state index contributed by atoms with van der Waals surface area (Å²) in [5.41, 5.74) is 25.8. The number of nitrogens with zero attached hydrogens (tertiary/aromatic N) is 1. The number of H-pyrrole nitrogens is 3. The molecule has 0 aliphatic rings. The zero-order valence-electron chi connectivity index (χ0n) is 60.7. The number of benzene rings is 4. The summed E-state index contributed by atoms with van der Waals surface area (Å²) in [5.74, 6) is -13.5. The lowest BCUT2D eigenvalue weighted by Crippen LogP contribution is -2.63. The highest BCUT2D eigenvalue weighted by Gasteiger charge is 2.39. The Balaban J connectivity index is 1.16. The number of carbonyl (C=O) groups excluding carboxylic acids is 13. The maximum Gasteiger partial charge on any atom is 0.245 e. The SMILES string of the molecule is C[C@@H](O)[C@H](NC(=O)[C@@H](NC(=O)[C@@H](N)CS)[C@@H](C)O)C(=O)N[C@@H](Cc1c[nH]c2ccccc12)C(=O)N[C@@H](CCCCN)C(=O)N[C@@H](CS)C(=O)N[C@@H](Cc1ccc(O)cc1)C(=O)N[C@@H](Cc1c[nH]c2ccccc12)C(=O)N[C@@H](Cc1cnc[nH]1)C(=O)N[C@@H](CCC(N)=O)C(=O)N[C@@H](Cc1ccc(O)cc1)C(=O)NCC(N)=O. The molecule has 26 N–H and O–H groups in total. The van der Waals surface area contributed by atoms with Crippen LogP contribution in [0.2, 0.25) is 0 Å². The molecule has 4 aromatic carbocycles. The van der Waals surface area contributed by atoms with Gasteiger partial charge < -0.3 is 117 Å². The molecular formula is C73H95N19O17S2. The van der Waals surface area contributed by atoms with Crippen molar-refractivity contribution in [1.82, 2.24) is 78.4 Å². The Bertz CT molecular complexity index is 4370. The fraction of sp³-hybridized carbons (Fsp3) is 0.397. The molecule has 7 rings (SSSR count). The minimum Gasteiger partial charge on any atom is -0.508 e. The lowest BCUT2D eigenvalue weighted by Gasteiger charge is -2.29. The molecule has 13 amide bonds. The quantitative estimate of drug-likeness (QED) is 0.0128. The average Bonchev–Trinajstić information content (AvgIpc) is 1.73. The first-order valence-corrected chi connectivity index (χ1v) is 36.8. The number of hydrogen-bond donors (Lipinski definition) is 24. The van der Waals surface area contributed by atoms with E-state index in [1.54, 1.807) is 60.9 Å². The molecule has 0 aliphatic carbocycles. The van der Waals surface area contributed by atoms with Crippen molar-refractivity contribution in [2.24, 2.45) is 22.9 Å². The summed E-state index contributed by atoms with van der Waals surface area (Å²) in [6, 6.07) is 7.82. The van der Waals surface area contributed by atoms with Gasteiger partial charge in [-0.15, -0.1) is 0 Å². The Kier molecular flexibility index (Phi) is 33.1. The number of rotatable bonds is 44. The summed E-state index contributed by atoms with van der Waals surface area (Å²) >= 11 is 8.43. The number of hydrogen-bond acceptors (Lipinski definition) is 22. The topological polar surface area (TPSA) is 599 Å². The Morgan fingerprint density at radius 3 is 1.27 bits per heavy atom. The van der Waals surface area contributed by atoms with Gasteiger partial charge in [0.25, 0.3) is 0 Å². The van der Waals surface area contributed by atoms with E-state index < -0.39 is 181 Å². The summed E-state index contributed by atoms with van der Waals surface area (Å²) in [5, 5.41) is 71.0. The van der Waals surface area contributed by atoms with E-state index in [1.807, 2.05) is 0 Å². The van der Waals surface area contributed by atoms with Gasteiger partial charge in [0.05, 0.1) is 31.1 Å². The van der Waals surface area contributed by atoms with Gasteiger partial charge in [-0.2, -0.15) is 25.3 Å². The summed E-state index contributed by atoms with van der Waals surface area (Å²) in [4.78, 5) is 196. The summed E-state index contributed by atoms with van der Waals surface area (Å²) in [6.07, 6.45) is 0.717. The van der Waals surface area contributed by atoms with Crippen molar-refractivity contribution in [2.75, 3.05) is 24.6 Å². The number of nitrogens with one attached hydrogen (secondary N) is 14. The Morgan fingerprint density at radius 1 is 0.441 bits per heavy atom. The number of unbranched alkanes of at least 4 members (excludes halogenated alkanes) is 1. The Hall–Kier alpha value is -11.6. The van der Waals surface area contributed by atoms with Gasteiger partial charge in [-0.05, 0) is 105 Å². The molecule has 0 aliphatic heterocycles. The standard InChI is InChI=1S/C73H95N19O17S2/c1-37(93)61(92-73(109)62(38(2)94)91-63(99)48(75)34-110)72(108)89-56(28-42-31-80-50-12-6-4-10-47(42)50)68(104)83-51(13-7-8-24-74)65(101)90-58(35-111)71(107)86-54(26-40-16-20-45(96)21-17-40)67(103)87-55(27-41-30-79-49-11-5-3-9-46(41)49)69(105)88-57(29-43-32-78-36-82-43)70(106)84-52(22-23-59(76)97)66(102)85-53(64(100)81-33-60(77)98)25-39-14-18-44(95)19-15-39/h3-6,9-12,14-21,30-32,36-38,48,51-58,61-62,79-80,93-96,110-111H,7-8,13,22-29,33-35,74-75H2,1-2H3,(H2,76,97)(H2,77,98)(H,78,82)(H,81,100)(H,83,104)(H,84,106)(H,85,102)(H,86,107)(H,87,103)(H,88,105)(H,89,108)(H,90,101)(H,91,99)(H,92,109)/t37-,38-,48+,51+,52+,53+,54+,55+,56+,57+,58+,61+,62+/m1/s1. The first-order valence-electron chi connectivity index (χ1n) is 35.5. The number of amides is 13. The third kappa shape index (κ3) is 26.3. The van der Waals surface area contributed by atoms with E-state index in [9.17, 15) is 73.2 Å². The second kappa shape index (κ2) is 42.4. The number of aromatic hydroxyl groups is 2. The van der Waals surface area contributed by atoms with E-state index in [4.69, 9.17) is 22.9 Å². The van der Waals surface area contributed by atoms with E-state index in [0.717, 1.165) is 0 Å². The van der Waals surface area contributed by atoms with Gasteiger partial charge in [-0.1, -0.05) is 60.7 Å². The highest BCUT2D eigenvalue weighted by Crippen LogP contribution is 2.23. The molecule has 3 heterocycles. The minimum atomic E-state index is -1.82. The molecule has 0 spiro atoms. The van der Waals surface area contributed by atoms with Crippen LogP contribution in [-0.2, 0) is 94.4 Å².